The molecule has 0 saturated carbocycles. The summed E-state index contributed by atoms with van der Waals surface area (Å²) in [6.45, 7) is 1.89. The van der Waals surface area contributed by atoms with Crippen molar-refractivity contribution in [3.8, 4) is 0 Å². The first kappa shape index (κ1) is 13.3. The van der Waals surface area contributed by atoms with Crippen molar-refractivity contribution in [2.45, 2.75) is 13.5 Å². The van der Waals surface area contributed by atoms with Gasteiger partial charge in [0.2, 0.25) is 0 Å². The van der Waals surface area contributed by atoms with E-state index in [-0.39, 0.29) is 11.5 Å². The summed E-state index contributed by atoms with van der Waals surface area (Å²) in [6, 6.07) is 1.81. The van der Waals surface area contributed by atoms with Gasteiger partial charge in [-0.05, 0) is 6.07 Å². The van der Waals surface area contributed by atoms with Crippen LogP contribution in [0.15, 0.2) is 23.0 Å². The van der Waals surface area contributed by atoms with Gasteiger partial charge in [0.1, 0.15) is 4.88 Å². The van der Waals surface area contributed by atoms with Gasteiger partial charge in [-0.3, -0.25) is 4.79 Å². The number of hydrogen-bond donors (Lipinski definition) is 1. The average molecular weight is 280 g/mol. The van der Waals surface area contributed by atoms with Crippen molar-refractivity contribution in [2.24, 2.45) is 0 Å². The highest BCUT2D eigenvalue weighted by atomic mass is 32.1. The summed E-state index contributed by atoms with van der Waals surface area (Å²) in [7, 11) is 1.25. The molecule has 100 valence electrons. The smallest absolute Gasteiger partial charge is 0.358 e. The van der Waals surface area contributed by atoms with Crippen LogP contribution in [0.1, 0.15) is 32.6 Å². The van der Waals surface area contributed by atoms with Gasteiger partial charge >= 0.3 is 5.97 Å². The number of carbonyl (C=O) groups is 2. The number of Topliss-reactive ketones (excluding diaryl/α,β-unsaturated/α-hetero) is 1. The standard InChI is InChI=1S/C12H12N2O4S/c1-7(15)10-9(11(16)17-2)14-12(19-10)13-5-8-3-4-18-6-8/h3-4,6H,5H2,1-2H3,(H,13,14). The Morgan fingerprint density at radius 1 is 1.53 bits per heavy atom. The van der Waals surface area contributed by atoms with Crippen LogP contribution >= 0.6 is 11.3 Å². The molecule has 0 bridgehead atoms. The van der Waals surface area contributed by atoms with Gasteiger partial charge in [-0.15, -0.1) is 0 Å². The van der Waals surface area contributed by atoms with E-state index in [0.29, 0.717) is 16.6 Å². The van der Waals surface area contributed by atoms with E-state index < -0.39 is 5.97 Å². The SMILES string of the molecule is COC(=O)c1nc(NCc2ccoc2)sc1C(C)=O. The van der Waals surface area contributed by atoms with Crippen LogP contribution < -0.4 is 5.32 Å². The zero-order valence-electron chi connectivity index (χ0n) is 10.4. The fraction of sp³-hybridized carbons (Fsp3) is 0.250. The highest BCUT2D eigenvalue weighted by Gasteiger charge is 2.21. The normalized spacial score (nSPS) is 10.2. The van der Waals surface area contributed by atoms with Gasteiger partial charge in [0.25, 0.3) is 0 Å². The first-order valence-corrected chi connectivity index (χ1v) is 6.28. The van der Waals surface area contributed by atoms with Crippen molar-refractivity contribution in [1.82, 2.24) is 4.98 Å². The number of rotatable bonds is 5. The summed E-state index contributed by atoms with van der Waals surface area (Å²) in [5, 5.41) is 3.52. The van der Waals surface area contributed by atoms with E-state index in [9.17, 15) is 9.59 Å². The zero-order chi connectivity index (χ0) is 13.8. The molecule has 0 aliphatic carbocycles. The first-order chi connectivity index (χ1) is 9.11. The van der Waals surface area contributed by atoms with E-state index in [0.717, 1.165) is 16.9 Å². The Morgan fingerprint density at radius 3 is 2.89 bits per heavy atom. The van der Waals surface area contributed by atoms with Crippen molar-refractivity contribution in [1.29, 1.82) is 0 Å². The number of ether oxygens (including phenoxy) is 1. The van der Waals surface area contributed by atoms with Crippen molar-refractivity contribution in [2.75, 3.05) is 12.4 Å². The Balaban J connectivity index is 2.17. The van der Waals surface area contributed by atoms with E-state index in [1.165, 1.54) is 14.0 Å². The number of esters is 1. The number of methoxy groups -OCH3 is 1. The number of hydrogen-bond acceptors (Lipinski definition) is 7. The average Bonchev–Trinajstić information content (AvgIpc) is 3.04. The zero-order valence-corrected chi connectivity index (χ0v) is 11.2. The lowest BCUT2D eigenvalue weighted by Gasteiger charge is -1.98. The van der Waals surface area contributed by atoms with Crippen LogP contribution in [0, 0.1) is 0 Å². The number of anilines is 1. The minimum absolute atomic E-state index is 0.0506. The molecule has 2 aromatic rings. The number of furan rings is 1. The number of ketones is 1. The van der Waals surface area contributed by atoms with Crippen LogP contribution in [0.5, 0.6) is 0 Å². The Morgan fingerprint density at radius 2 is 2.32 bits per heavy atom. The van der Waals surface area contributed by atoms with Crippen LogP contribution in [0.25, 0.3) is 0 Å². The molecule has 0 unspecified atom stereocenters. The van der Waals surface area contributed by atoms with Crippen LogP contribution in [0.3, 0.4) is 0 Å². The Bertz CT molecular complexity index is 589. The maximum Gasteiger partial charge on any atom is 0.358 e. The predicted octanol–water partition coefficient (Wildman–Crippen LogP) is 2.34. The summed E-state index contributed by atoms with van der Waals surface area (Å²) in [4.78, 5) is 27.3. The number of thiazole rings is 1. The van der Waals surface area contributed by atoms with Crippen molar-refractivity contribution in [3.05, 3.63) is 34.7 Å². The molecule has 2 aromatic heterocycles. The van der Waals surface area contributed by atoms with Gasteiger partial charge in [0, 0.05) is 19.0 Å². The monoisotopic (exact) mass is 280 g/mol. The maximum absolute atomic E-state index is 11.5. The lowest BCUT2D eigenvalue weighted by atomic mass is 10.3. The second kappa shape index (κ2) is 5.66. The maximum atomic E-state index is 11.5. The molecule has 0 aliphatic rings. The summed E-state index contributed by atoms with van der Waals surface area (Å²) >= 11 is 1.13. The number of carbonyl (C=O) groups excluding carboxylic acids is 2. The topological polar surface area (TPSA) is 81.4 Å². The van der Waals surface area contributed by atoms with E-state index in [4.69, 9.17) is 4.42 Å². The molecule has 7 heteroatoms. The van der Waals surface area contributed by atoms with Gasteiger partial charge in [-0.25, -0.2) is 9.78 Å². The Labute approximate surface area is 113 Å². The van der Waals surface area contributed by atoms with Gasteiger partial charge in [-0.2, -0.15) is 0 Å². The number of nitrogens with one attached hydrogen (secondary N) is 1. The molecule has 2 heterocycles. The number of nitrogens with zero attached hydrogens (tertiary/aromatic N) is 1. The molecule has 1 N–H and O–H groups in total. The highest BCUT2D eigenvalue weighted by molar-refractivity contribution is 7.17. The fourth-order valence-electron chi connectivity index (χ4n) is 1.44. The van der Waals surface area contributed by atoms with Crippen molar-refractivity contribution >= 4 is 28.2 Å². The van der Waals surface area contributed by atoms with Crippen molar-refractivity contribution < 1.29 is 18.7 Å². The van der Waals surface area contributed by atoms with Crippen LogP contribution in [0.2, 0.25) is 0 Å². The lowest BCUT2D eigenvalue weighted by Crippen LogP contribution is -2.07. The molecule has 0 radical (unpaired) electrons. The second-order valence-corrected chi connectivity index (χ2v) is 4.73. The molecule has 0 saturated heterocycles. The first-order valence-electron chi connectivity index (χ1n) is 5.47. The van der Waals surface area contributed by atoms with E-state index in [1.54, 1.807) is 12.5 Å². The minimum Gasteiger partial charge on any atom is -0.472 e. The van der Waals surface area contributed by atoms with Gasteiger partial charge in [0.05, 0.1) is 19.6 Å². The lowest BCUT2D eigenvalue weighted by molar-refractivity contribution is 0.0591. The molecule has 0 atom stereocenters. The third-order valence-electron chi connectivity index (χ3n) is 2.35. The van der Waals surface area contributed by atoms with E-state index in [2.05, 4.69) is 15.0 Å². The van der Waals surface area contributed by atoms with Crippen LogP contribution in [0.4, 0.5) is 5.13 Å². The third kappa shape index (κ3) is 3.00. The number of aromatic nitrogens is 1. The summed E-state index contributed by atoms with van der Waals surface area (Å²) in [6.07, 6.45) is 3.17. The fourth-order valence-corrected chi connectivity index (χ4v) is 2.28. The molecular formula is C12H12N2O4S. The molecule has 0 aromatic carbocycles. The summed E-state index contributed by atoms with van der Waals surface area (Å²) < 4.78 is 9.54. The summed E-state index contributed by atoms with van der Waals surface area (Å²) in [5.74, 6) is -0.827. The molecule has 19 heavy (non-hydrogen) atoms. The molecular weight excluding hydrogens is 268 g/mol. The van der Waals surface area contributed by atoms with E-state index >= 15 is 0 Å². The largest absolute Gasteiger partial charge is 0.472 e. The van der Waals surface area contributed by atoms with E-state index in [1.807, 2.05) is 6.07 Å². The summed E-state index contributed by atoms with van der Waals surface area (Å²) in [5.41, 5.74) is 0.994. The minimum atomic E-state index is -0.613. The Kier molecular flexibility index (Phi) is 3.96. The molecule has 6 nitrogen and oxygen atoms in total. The quantitative estimate of drug-likeness (QED) is 0.668. The van der Waals surface area contributed by atoms with Gasteiger partial charge in [0.15, 0.2) is 16.6 Å². The van der Waals surface area contributed by atoms with Crippen LogP contribution in [-0.2, 0) is 11.3 Å². The molecule has 2 rings (SSSR count). The highest BCUT2D eigenvalue weighted by Crippen LogP contribution is 2.24. The van der Waals surface area contributed by atoms with Crippen LogP contribution in [-0.4, -0.2) is 23.8 Å². The third-order valence-corrected chi connectivity index (χ3v) is 3.46. The second-order valence-electron chi connectivity index (χ2n) is 3.73. The van der Waals surface area contributed by atoms with Gasteiger partial charge < -0.3 is 14.5 Å². The molecule has 0 amide bonds. The Hall–Kier alpha value is -2.15. The predicted molar refractivity (Wildman–Crippen MR) is 69.5 cm³/mol. The molecule has 0 fully saturated rings. The van der Waals surface area contributed by atoms with Gasteiger partial charge in [-0.1, -0.05) is 11.3 Å². The van der Waals surface area contributed by atoms with Crippen molar-refractivity contribution in [3.63, 3.8) is 0 Å². The molecule has 0 aliphatic heterocycles. The molecule has 0 spiro atoms.